The molecule has 0 aliphatic carbocycles. The summed E-state index contributed by atoms with van der Waals surface area (Å²) in [5.41, 5.74) is 6.76. The van der Waals surface area contributed by atoms with Crippen LogP contribution in [0.3, 0.4) is 0 Å². The van der Waals surface area contributed by atoms with Gasteiger partial charge in [-0.05, 0) is 45.7 Å². The number of aryl methyl sites for hydroxylation is 1. The zero-order chi connectivity index (χ0) is 14.6. The van der Waals surface area contributed by atoms with E-state index in [9.17, 15) is 0 Å². The van der Waals surface area contributed by atoms with Crippen molar-refractivity contribution in [3.05, 3.63) is 12.2 Å². The molecular formula is C15H29N5. The highest BCUT2D eigenvalue weighted by Gasteiger charge is 2.40. The Hall–Kier alpha value is -0.940. The molecular weight excluding hydrogens is 250 g/mol. The number of hydrogen-bond acceptors (Lipinski definition) is 4. The van der Waals surface area contributed by atoms with Crippen LogP contribution >= 0.6 is 0 Å². The molecule has 0 spiro atoms. The Bertz CT molecular complexity index is 404. The van der Waals surface area contributed by atoms with Crippen LogP contribution in [0.1, 0.15) is 52.3 Å². The molecule has 0 saturated carbocycles. The van der Waals surface area contributed by atoms with Crippen LogP contribution in [0, 0.1) is 0 Å². The van der Waals surface area contributed by atoms with E-state index in [1.54, 1.807) is 6.33 Å². The van der Waals surface area contributed by atoms with Crippen LogP contribution in [0.5, 0.6) is 0 Å². The van der Waals surface area contributed by atoms with Gasteiger partial charge >= 0.3 is 0 Å². The van der Waals surface area contributed by atoms with Crippen molar-refractivity contribution in [3.63, 3.8) is 0 Å². The highest BCUT2D eigenvalue weighted by Crippen LogP contribution is 2.31. The zero-order valence-electron chi connectivity index (χ0n) is 13.2. The van der Waals surface area contributed by atoms with Crippen molar-refractivity contribution >= 4 is 0 Å². The Balaban J connectivity index is 2.16. The number of nitrogens with zero attached hydrogens (tertiary/aromatic N) is 4. The topological polar surface area (TPSA) is 60.0 Å². The fourth-order valence-corrected chi connectivity index (χ4v) is 3.72. The molecule has 1 fully saturated rings. The average Bonchev–Trinajstić information content (AvgIpc) is 3.12. The van der Waals surface area contributed by atoms with Crippen molar-refractivity contribution in [3.8, 4) is 0 Å². The van der Waals surface area contributed by atoms with Crippen molar-refractivity contribution in [1.29, 1.82) is 0 Å². The van der Waals surface area contributed by atoms with Crippen molar-refractivity contribution in [1.82, 2.24) is 19.7 Å². The molecule has 5 nitrogen and oxygen atoms in total. The molecule has 2 heterocycles. The minimum absolute atomic E-state index is 0.112. The second kappa shape index (κ2) is 6.68. The molecule has 2 rings (SSSR count). The molecule has 1 aromatic rings. The van der Waals surface area contributed by atoms with Crippen molar-refractivity contribution in [2.45, 2.75) is 71.0 Å². The highest BCUT2D eigenvalue weighted by atomic mass is 15.3. The lowest BCUT2D eigenvalue weighted by atomic mass is 9.81. The quantitative estimate of drug-likeness (QED) is 0.827. The van der Waals surface area contributed by atoms with Crippen LogP contribution in [0.15, 0.2) is 6.33 Å². The first-order chi connectivity index (χ1) is 9.67. The third kappa shape index (κ3) is 2.74. The van der Waals surface area contributed by atoms with Gasteiger partial charge in [0.05, 0.1) is 0 Å². The first-order valence-corrected chi connectivity index (χ1v) is 8.05. The molecule has 1 saturated heterocycles. The summed E-state index contributed by atoms with van der Waals surface area (Å²) in [7, 11) is 0. The summed E-state index contributed by atoms with van der Waals surface area (Å²) >= 11 is 0. The van der Waals surface area contributed by atoms with Crippen molar-refractivity contribution in [2.75, 3.05) is 13.1 Å². The summed E-state index contributed by atoms with van der Waals surface area (Å²) in [6.07, 6.45) is 7.27. The van der Waals surface area contributed by atoms with Crippen LogP contribution in [0.4, 0.5) is 0 Å². The molecule has 1 aromatic heterocycles. The maximum absolute atomic E-state index is 6.65. The number of likely N-dealkylation sites (tertiary alicyclic amines) is 1. The van der Waals surface area contributed by atoms with E-state index in [0.29, 0.717) is 0 Å². The van der Waals surface area contributed by atoms with Gasteiger partial charge in [-0.3, -0.25) is 9.58 Å². The minimum Gasteiger partial charge on any atom is -0.326 e. The maximum Gasteiger partial charge on any atom is 0.138 e. The summed E-state index contributed by atoms with van der Waals surface area (Å²) in [4.78, 5) is 7.00. The number of aromatic nitrogens is 3. The van der Waals surface area contributed by atoms with Crippen molar-refractivity contribution < 1.29 is 0 Å². The van der Waals surface area contributed by atoms with Crippen LogP contribution in [0.25, 0.3) is 0 Å². The monoisotopic (exact) mass is 279 g/mol. The first-order valence-electron chi connectivity index (χ1n) is 8.05. The fraction of sp³-hybridized carbons (Fsp3) is 0.867. The first kappa shape index (κ1) is 15.4. The van der Waals surface area contributed by atoms with Gasteiger partial charge in [0.1, 0.15) is 12.2 Å². The fourth-order valence-electron chi connectivity index (χ4n) is 3.72. The smallest absolute Gasteiger partial charge is 0.138 e. The summed E-state index contributed by atoms with van der Waals surface area (Å²) in [5.74, 6) is 1.02. The lowest BCUT2D eigenvalue weighted by Crippen LogP contribution is -2.59. The largest absolute Gasteiger partial charge is 0.326 e. The van der Waals surface area contributed by atoms with Crippen LogP contribution in [-0.4, -0.2) is 44.3 Å². The Kier molecular flexibility index (Phi) is 5.16. The second-order valence-electron chi connectivity index (χ2n) is 5.81. The molecule has 0 amide bonds. The summed E-state index contributed by atoms with van der Waals surface area (Å²) < 4.78 is 1.96. The summed E-state index contributed by atoms with van der Waals surface area (Å²) in [5, 5.41) is 4.26. The summed E-state index contributed by atoms with van der Waals surface area (Å²) in [6, 6.07) is 0.116. The third-order valence-corrected chi connectivity index (χ3v) is 5.05. The molecule has 0 aromatic carbocycles. The van der Waals surface area contributed by atoms with Gasteiger partial charge < -0.3 is 5.73 Å². The van der Waals surface area contributed by atoms with Gasteiger partial charge in [-0.25, -0.2) is 4.98 Å². The number of nitrogens with two attached hydrogens (primary N) is 1. The predicted molar refractivity (Wildman–Crippen MR) is 81.5 cm³/mol. The van der Waals surface area contributed by atoms with E-state index in [1.165, 1.54) is 25.9 Å². The van der Waals surface area contributed by atoms with Gasteiger partial charge in [-0.15, -0.1) is 0 Å². The molecule has 1 aliphatic heterocycles. The van der Waals surface area contributed by atoms with E-state index < -0.39 is 0 Å². The summed E-state index contributed by atoms with van der Waals surface area (Å²) in [6.45, 7) is 9.87. The van der Waals surface area contributed by atoms with Crippen LogP contribution in [0.2, 0.25) is 0 Å². The Labute approximate surface area is 122 Å². The third-order valence-electron chi connectivity index (χ3n) is 5.05. The van der Waals surface area contributed by atoms with E-state index in [2.05, 4.69) is 35.8 Å². The second-order valence-corrected chi connectivity index (χ2v) is 5.81. The van der Waals surface area contributed by atoms with E-state index in [0.717, 1.165) is 31.6 Å². The SMILES string of the molecule is CCn1ncnc1CC(N)C(CC)(CC)N1CCCC1. The standard InChI is InChI=1S/C15H29N5/c1-4-15(5-2,19-9-7-8-10-19)13(16)11-14-17-12-18-20(14)6-3/h12-13H,4-11,16H2,1-3H3. The highest BCUT2D eigenvalue weighted by molar-refractivity contribution is 5.03. The number of hydrogen-bond donors (Lipinski definition) is 1. The minimum atomic E-state index is 0.112. The molecule has 5 heteroatoms. The van der Waals surface area contributed by atoms with Crippen LogP contribution < -0.4 is 5.73 Å². The molecule has 2 N–H and O–H groups in total. The predicted octanol–water partition coefficient (Wildman–Crippen LogP) is 1.82. The lowest BCUT2D eigenvalue weighted by molar-refractivity contribution is 0.0757. The Morgan fingerprint density at radius 2 is 1.90 bits per heavy atom. The molecule has 0 radical (unpaired) electrons. The normalized spacial score (nSPS) is 18.6. The van der Waals surface area contributed by atoms with Gasteiger partial charge in [-0.1, -0.05) is 13.8 Å². The van der Waals surface area contributed by atoms with Gasteiger partial charge in [-0.2, -0.15) is 5.10 Å². The van der Waals surface area contributed by atoms with E-state index in [4.69, 9.17) is 5.73 Å². The molecule has 20 heavy (non-hydrogen) atoms. The van der Waals surface area contributed by atoms with Gasteiger partial charge in [0.25, 0.3) is 0 Å². The van der Waals surface area contributed by atoms with E-state index in [1.807, 2.05) is 4.68 Å². The van der Waals surface area contributed by atoms with E-state index >= 15 is 0 Å². The average molecular weight is 279 g/mol. The molecule has 1 atom stereocenters. The molecule has 1 aliphatic rings. The van der Waals surface area contributed by atoms with E-state index in [-0.39, 0.29) is 11.6 Å². The van der Waals surface area contributed by atoms with Gasteiger partial charge in [0.2, 0.25) is 0 Å². The molecule has 114 valence electrons. The zero-order valence-corrected chi connectivity index (χ0v) is 13.2. The van der Waals surface area contributed by atoms with Gasteiger partial charge in [0, 0.05) is 24.5 Å². The molecule has 1 unspecified atom stereocenters. The van der Waals surface area contributed by atoms with Gasteiger partial charge in [0.15, 0.2) is 0 Å². The Morgan fingerprint density at radius 1 is 1.25 bits per heavy atom. The number of rotatable bonds is 7. The van der Waals surface area contributed by atoms with Crippen molar-refractivity contribution in [2.24, 2.45) is 5.73 Å². The van der Waals surface area contributed by atoms with Crippen LogP contribution in [-0.2, 0) is 13.0 Å². The lowest BCUT2D eigenvalue weighted by Gasteiger charge is -2.45. The maximum atomic E-state index is 6.65. The molecule has 0 bridgehead atoms. The Morgan fingerprint density at radius 3 is 2.45 bits per heavy atom.